The Bertz CT molecular complexity index is 1150. The van der Waals surface area contributed by atoms with E-state index >= 15 is 0 Å². The van der Waals surface area contributed by atoms with Crippen molar-refractivity contribution in [3.63, 3.8) is 0 Å². The maximum atomic E-state index is 13.5. The number of nitrogens with zero attached hydrogens (tertiary/aromatic N) is 2. The molecule has 196 valence electrons. The molecular formula is C27H31ClN4O4S. The van der Waals surface area contributed by atoms with E-state index in [-0.39, 0.29) is 43.1 Å². The van der Waals surface area contributed by atoms with Gasteiger partial charge in [0, 0.05) is 30.1 Å². The van der Waals surface area contributed by atoms with Crippen molar-refractivity contribution in [2.75, 3.05) is 26.2 Å². The molecule has 8 nitrogen and oxygen atoms in total. The van der Waals surface area contributed by atoms with Gasteiger partial charge in [-0.05, 0) is 30.9 Å². The lowest BCUT2D eigenvalue weighted by atomic mass is 9.73. The highest BCUT2D eigenvalue weighted by Gasteiger charge is 2.43. The number of halogens is 1. The number of piperidine rings is 1. The fourth-order valence-electron chi connectivity index (χ4n) is 4.58. The highest BCUT2D eigenvalue weighted by Crippen LogP contribution is 2.35. The summed E-state index contributed by atoms with van der Waals surface area (Å²) in [4.78, 5) is 40.0. The van der Waals surface area contributed by atoms with Crippen LogP contribution in [0.25, 0.3) is 0 Å². The van der Waals surface area contributed by atoms with Gasteiger partial charge < -0.3 is 15.4 Å². The van der Waals surface area contributed by atoms with Gasteiger partial charge >= 0.3 is 5.97 Å². The number of ether oxygens (including phenoxy) is 1. The first kappa shape index (κ1) is 27.2. The van der Waals surface area contributed by atoms with Crippen molar-refractivity contribution in [1.82, 2.24) is 10.3 Å². The summed E-state index contributed by atoms with van der Waals surface area (Å²) in [7, 11) is 0. The number of esters is 1. The van der Waals surface area contributed by atoms with Crippen molar-refractivity contribution < 1.29 is 19.1 Å². The number of thioether (sulfide) groups is 1. The van der Waals surface area contributed by atoms with Crippen LogP contribution in [0.15, 0.2) is 59.7 Å². The number of hydrogen-bond donors (Lipinski definition) is 2. The van der Waals surface area contributed by atoms with Crippen LogP contribution in [0.1, 0.15) is 36.8 Å². The van der Waals surface area contributed by atoms with E-state index < -0.39 is 11.4 Å². The lowest BCUT2D eigenvalue weighted by Gasteiger charge is -2.40. The molecule has 1 unspecified atom stereocenters. The number of ketones is 1. The predicted molar refractivity (Wildman–Crippen MR) is 145 cm³/mol. The van der Waals surface area contributed by atoms with Crippen LogP contribution in [0.2, 0.25) is 5.02 Å². The molecule has 1 amide bonds. The van der Waals surface area contributed by atoms with Gasteiger partial charge in [0.05, 0.1) is 18.4 Å². The number of carbonyl (C=O) groups excluding carboxylic acids is 3. The summed E-state index contributed by atoms with van der Waals surface area (Å²) in [5.41, 5.74) is 9.55. The number of rotatable bonds is 10. The van der Waals surface area contributed by atoms with E-state index in [1.165, 1.54) is 11.8 Å². The lowest BCUT2D eigenvalue weighted by Crippen LogP contribution is -2.50. The molecule has 10 heteroatoms. The number of benzene rings is 2. The zero-order valence-electron chi connectivity index (χ0n) is 20.5. The largest absolute Gasteiger partial charge is 0.465 e. The minimum Gasteiger partial charge on any atom is -0.465 e. The Labute approximate surface area is 225 Å². The zero-order chi connectivity index (χ0) is 26.3. The van der Waals surface area contributed by atoms with Crippen molar-refractivity contribution in [1.29, 1.82) is 0 Å². The summed E-state index contributed by atoms with van der Waals surface area (Å²) < 4.78 is 5.69. The molecule has 0 aromatic heterocycles. The second kappa shape index (κ2) is 12.6. The van der Waals surface area contributed by atoms with Crippen LogP contribution in [-0.2, 0) is 25.5 Å². The van der Waals surface area contributed by atoms with E-state index in [1.54, 1.807) is 11.0 Å². The molecular weight excluding hydrogens is 512 g/mol. The molecule has 0 radical (unpaired) electrons. The van der Waals surface area contributed by atoms with Gasteiger partial charge in [0.15, 0.2) is 0 Å². The molecule has 1 atom stereocenters. The summed E-state index contributed by atoms with van der Waals surface area (Å²) in [5, 5.41) is 5.54. The normalized spacial score (nSPS) is 18.6. The summed E-state index contributed by atoms with van der Waals surface area (Å²) in [6.45, 7) is 0.725. The Morgan fingerprint density at radius 1 is 1.11 bits per heavy atom. The third-order valence-corrected chi connectivity index (χ3v) is 8.34. The summed E-state index contributed by atoms with van der Waals surface area (Å²) in [6.07, 6.45) is 1.74. The minimum absolute atomic E-state index is 0.0123. The number of carbonyl (C=O) groups is 3. The average Bonchev–Trinajstić information content (AvgIpc) is 3.40. The van der Waals surface area contributed by atoms with E-state index in [0.717, 1.165) is 16.2 Å². The van der Waals surface area contributed by atoms with Crippen molar-refractivity contribution in [2.45, 2.75) is 37.5 Å². The molecule has 3 N–H and O–H groups in total. The highest BCUT2D eigenvalue weighted by atomic mass is 35.5. The molecule has 0 saturated carbocycles. The average molecular weight is 543 g/mol. The molecule has 1 saturated heterocycles. The van der Waals surface area contributed by atoms with Crippen molar-refractivity contribution >= 4 is 46.1 Å². The molecule has 37 heavy (non-hydrogen) atoms. The number of Topliss-reactive ketones (excluding diaryl/α,β-unsaturated/α-hetero) is 1. The maximum absolute atomic E-state index is 13.5. The SMILES string of the molecule is NCC(=O)N1CCC(COC(=O)CC2NN=C(c3ccccc3)S2)(C(=O)CCc2ccccc2Cl)CC1. The van der Waals surface area contributed by atoms with Crippen LogP contribution >= 0.6 is 23.4 Å². The van der Waals surface area contributed by atoms with E-state index in [1.807, 2.05) is 48.5 Å². The molecule has 2 aromatic rings. The molecule has 4 rings (SSSR count). The van der Waals surface area contributed by atoms with Crippen LogP contribution in [-0.4, -0.2) is 59.2 Å². The van der Waals surface area contributed by atoms with E-state index in [0.29, 0.717) is 37.4 Å². The second-order valence-corrected chi connectivity index (χ2v) is 10.9. The first-order valence-corrected chi connectivity index (χ1v) is 13.6. The second-order valence-electron chi connectivity index (χ2n) is 9.26. The summed E-state index contributed by atoms with van der Waals surface area (Å²) in [5.74, 6) is -0.524. The zero-order valence-corrected chi connectivity index (χ0v) is 22.1. The smallest absolute Gasteiger partial charge is 0.308 e. The number of hydrazone groups is 1. The van der Waals surface area contributed by atoms with Gasteiger partial charge in [-0.2, -0.15) is 5.10 Å². The Morgan fingerprint density at radius 2 is 1.81 bits per heavy atom. The van der Waals surface area contributed by atoms with Crippen molar-refractivity contribution in [3.8, 4) is 0 Å². The van der Waals surface area contributed by atoms with Gasteiger partial charge in [-0.15, -0.1) is 0 Å². The van der Waals surface area contributed by atoms with E-state index in [4.69, 9.17) is 22.1 Å². The van der Waals surface area contributed by atoms with Gasteiger partial charge in [0.25, 0.3) is 0 Å². The van der Waals surface area contributed by atoms with Gasteiger partial charge in [-0.25, -0.2) is 0 Å². The molecule has 1 fully saturated rings. The number of amides is 1. The molecule has 2 aliphatic heterocycles. The van der Waals surface area contributed by atoms with Crippen LogP contribution in [0.5, 0.6) is 0 Å². The number of nitrogens with two attached hydrogens (primary N) is 1. The molecule has 2 heterocycles. The fourth-order valence-corrected chi connectivity index (χ4v) is 5.78. The standard InChI is InChI=1S/C27H31ClN4O4S/c28-21-9-5-4-6-19(21)10-11-22(33)27(12-14-32(15-13-27)24(34)17-29)18-36-25(35)16-23-30-31-26(37-23)20-7-2-1-3-8-20/h1-9,23,30H,10-18,29H2. The summed E-state index contributed by atoms with van der Waals surface area (Å²) >= 11 is 7.75. The fraction of sp³-hybridized carbons (Fsp3) is 0.407. The molecule has 2 aliphatic rings. The third-order valence-electron chi connectivity index (χ3n) is 6.86. The van der Waals surface area contributed by atoms with E-state index in [2.05, 4.69) is 10.5 Å². The number of aryl methyl sites for hydroxylation is 1. The monoisotopic (exact) mass is 542 g/mol. The first-order valence-electron chi connectivity index (χ1n) is 12.4. The highest BCUT2D eigenvalue weighted by molar-refractivity contribution is 8.15. The van der Waals surface area contributed by atoms with Crippen LogP contribution in [0.3, 0.4) is 0 Å². The third kappa shape index (κ3) is 6.91. The Balaban J connectivity index is 1.35. The van der Waals surface area contributed by atoms with Crippen LogP contribution in [0.4, 0.5) is 0 Å². The molecule has 2 aromatic carbocycles. The molecule has 0 spiro atoms. The van der Waals surface area contributed by atoms with Gasteiger partial charge in [0.2, 0.25) is 5.91 Å². The summed E-state index contributed by atoms with van der Waals surface area (Å²) in [6, 6.07) is 17.2. The topological polar surface area (TPSA) is 114 Å². The Hall–Kier alpha value is -2.88. The molecule has 0 aliphatic carbocycles. The lowest BCUT2D eigenvalue weighted by molar-refractivity contribution is -0.154. The van der Waals surface area contributed by atoms with Gasteiger partial charge in [-0.1, -0.05) is 71.9 Å². The predicted octanol–water partition coefficient (Wildman–Crippen LogP) is 3.37. The van der Waals surface area contributed by atoms with Crippen molar-refractivity contribution in [2.24, 2.45) is 16.3 Å². The minimum atomic E-state index is -0.843. The van der Waals surface area contributed by atoms with Crippen molar-refractivity contribution in [3.05, 3.63) is 70.7 Å². The van der Waals surface area contributed by atoms with Gasteiger partial charge in [-0.3, -0.25) is 19.8 Å². The van der Waals surface area contributed by atoms with E-state index in [9.17, 15) is 14.4 Å². The Morgan fingerprint density at radius 3 is 2.51 bits per heavy atom. The number of hydrogen-bond acceptors (Lipinski definition) is 8. The maximum Gasteiger partial charge on any atom is 0.308 e. The molecule has 0 bridgehead atoms. The number of likely N-dealkylation sites (tertiary alicyclic amines) is 1. The van der Waals surface area contributed by atoms with Crippen LogP contribution < -0.4 is 11.2 Å². The number of nitrogens with one attached hydrogen (secondary N) is 1. The first-order chi connectivity index (χ1) is 17.9. The van der Waals surface area contributed by atoms with Crippen LogP contribution in [0, 0.1) is 5.41 Å². The Kier molecular flexibility index (Phi) is 9.23. The van der Waals surface area contributed by atoms with Gasteiger partial charge in [0.1, 0.15) is 22.8 Å². The quantitative estimate of drug-likeness (QED) is 0.442.